The zero-order valence-electron chi connectivity index (χ0n) is 23.3. The molecule has 1 heterocycles. The van der Waals surface area contributed by atoms with Crippen LogP contribution >= 0.6 is 27.7 Å². The second-order valence-electron chi connectivity index (χ2n) is 10.6. The quantitative estimate of drug-likeness (QED) is 0.268. The van der Waals surface area contributed by atoms with Crippen LogP contribution in [-0.2, 0) is 22.6 Å². The van der Waals surface area contributed by atoms with Gasteiger partial charge in [-0.1, -0.05) is 76.6 Å². The van der Waals surface area contributed by atoms with Gasteiger partial charge in [-0.15, -0.1) is 11.8 Å². The Kier molecular flexibility index (Phi) is 10.1. The molecule has 0 bridgehead atoms. The first kappa shape index (κ1) is 30.6. The number of nitrogens with one attached hydrogen (secondary N) is 3. The number of carbonyl (C=O) groups excluding carboxylic acids is 3. The summed E-state index contributed by atoms with van der Waals surface area (Å²) >= 11 is 4.86. The third kappa shape index (κ3) is 7.90. The van der Waals surface area contributed by atoms with Crippen LogP contribution in [0.25, 0.3) is 0 Å². The molecule has 1 aliphatic heterocycles. The Hall–Kier alpha value is -3.34. The zero-order chi connectivity index (χ0) is 29.6. The molecular weight excluding hydrogens is 604 g/mol. The third-order valence-electron chi connectivity index (χ3n) is 7.12. The van der Waals surface area contributed by atoms with E-state index < -0.39 is 34.9 Å². The highest BCUT2D eigenvalue weighted by Gasteiger charge is 2.49. The van der Waals surface area contributed by atoms with Gasteiger partial charge in [-0.3, -0.25) is 9.59 Å². The van der Waals surface area contributed by atoms with E-state index in [4.69, 9.17) is 0 Å². The normalized spacial score (nSPS) is 17.4. The predicted octanol–water partition coefficient (Wildman–Crippen LogP) is 4.85. The molecule has 0 spiro atoms. The number of hydrogen-bond donors (Lipinski definition) is 4. The number of thioether (sulfide) groups is 1. The average Bonchev–Trinajstić information content (AvgIpc) is 3.26. The first-order chi connectivity index (χ1) is 19.5. The maximum atomic E-state index is 13.8. The molecule has 3 aromatic rings. The van der Waals surface area contributed by atoms with Gasteiger partial charge in [0, 0.05) is 21.5 Å². The summed E-state index contributed by atoms with van der Waals surface area (Å²) in [6.45, 7) is 6.15. The monoisotopic (exact) mass is 638 g/mol. The van der Waals surface area contributed by atoms with Crippen molar-refractivity contribution in [1.29, 1.82) is 0 Å². The Labute approximate surface area is 253 Å². The second kappa shape index (κ2) is 13.5. The van der Waals surface area contributed by atoms with Gasteiger partial charge >= 0.3 is 6.03 Å². The smallest absolute Gasteiger partial charge is 0.319 e. The summed E-state index contributed by atoms with van der Waals surface area (Å²) in [4.78, 5) is 41.6. The number of benzene rings is 3. The fourth-order valence-electron chi connectivity index (χ4n) is 4.85. The lowest BCUT2D eigenvalue weighted by Gasteiger charge is -2.33. The van der Waals surface area contributed by atoms with Crippen LogP contribution in [0.3, 0.4) is 0 Å². The highest BCUT2D eigenvalue weighted by atomic mass is 79.9. The highest BCUT2D eigenvalue weighted by Crippen LogP contribution is 2.40. The zero-order valence-corrected chi connectivity index (χ0v) is 25.7. The van der Waals surface area contributed by atoms with Gasteiger partial charge in [0.25, 0.3) is 5.91 Å². The van der Waals surface area contributed by atoms with E-state index in [0.29, 0.717) is 12.2 Å². The number of aliphatic hydroxyl groups excluding tert-OH is 1. The van der Waals surface area contributed by atoms with E-state index in [1.54, 1.807) is 18.2 Å². The summed E-state index contributed by atoms with van der Waals surface area (Å²) in [5, 5.41) is 19.9. The molecule has 0 unspecified atom stereocenters. The molecule has 41 heavy (non-hydrogen) atoms. The van der Waals surface area contributed by atoms with Crippen LogP contribution < -0.4 is 16.0 Å². The summed E-state index contributed by atoms with van der Waals surface area (Å²) in [6, 6.07) is 21.9. The molecule has 0 aromatic heterocycles. The van der Waals surface area contributed by atoms with Gasteiger partial charge in [0.2, 0.25) is 5.91 Å². The number of carbonyl (C=O) groups is 3. The first-order valence-corrected chi connectivity index (χ1v) is 15.1. The molecule has 3 aromatic carbocycles. The largest absolute Gasteiger partial charge is 0.381 e. The summed E-state index contributed by atoms with van der Waals surface area (Å²) in [5.41, 5.74) is 3.45. The SMILES string of the molecule is Cc1ccccc1CNC(=O)[C@H]1N(C(=O)[C@@H](O)[C@H](Cc2ccccc2)NC(=O)Nc2cccc(Br)c2)CSC1(C)C. The molecule has 4 amide bonds. The standard InChI is InChI=1S/C31H35BrN4O4S/c1-20-10-7-8-13-22(20)18-33-28(38)27-31(2,3)41-19-36(27)29(39)26(37)25(16-21-11-5-4-6-12-21)35-30(40)34-24-15-9-14-23(32)17-24/h4-15,17,25-27,37H,16,18-19H2,1-3H3,(H,33,38)(H2,34,35,40)/t25-,26-,27+/m0/s1. The van der Waals surface area contributed by atoms with E-state index in [-0.39, 0.29) is 18.2 Å². The van der Waals surface area contributed by atoms with Crippen molar-refractivity contribution in [3.8, 4) is 0 Å². The van der Waals surface area contributed by atoms with E-state index in [0.717, 1.165) is 21.2 Å². The van der Waals surface area contributed by atoms with Gasteiger partial charge in [0.1, 0.15) is 6.04 Å². The minimum Gasteiger partial charge on any atom is -0.381 e. The minimum absolute atomic E-state index is 0.216. The van der Waals surface area contributed by atoms with Crippen molar-refractivity contribution >= 4 is 51.2 Å². The summed E-state index contributed by atoms with van der Waals surface area (Å²) in [5.74, 6) is -0.653. The van der Waals surface area contributed by atoms with Crippen LogP contribution in [0.4, 0.5) is 10.5 Å². The average molecular weight is 640 g/mol. The van der Waals surface area contributed by atoms with Crippen LogP contribution in [0, 0.1) is 6.92 Å². The molecule has 216 valence electrons. The lowest BCUT2D eigenvalue weighted by Crippen LogP contribution is -2.59. The Morgan fingerprint density at radius 2 is 1.76 bits per heavy atom. The van der Waals surface area contributed by atoms with Crippen molar-refractivity contribution in [2.24, 2.45) is 0 Å². The maximum Gasteiger partial charge on any atom is 0.319 e. The number of rotatable bonds is 9. The Morgan fingerprint density at radius 1 is 1.05 bits per heavy atom. The fraction of sp³-hybridized carbons (Fsp3) is 0.323. The van der Waals surface area contributed by atoms with Gasteiger partial charge in [-0.05, 0) is 62.1 Å². The van der Waals surface area contributed by atoms with Crippen molar-refractivity contribution in [1.82, 2.24) is 15.5 Å². The molecule has 3 atom stereocenters. The van der Waals surface area contributed by atoms with E-state index in [2.05, 4.69) is 31.9 Å². The van der Waals surface area contributed by atoms with Crippen molar-refractivity contribution in [2.75, 3.05) is 11.2 Å². The van der Waals surface area contributed by atoms with Crippen LogP contribution in [0.5, 0.6) is 0 Å². The Bertz CT molecular complexity index is 1390. The highest BCUT2D eigenvalue weighted by molar-refractivity contribution is 9.10. The van der Waals surface area contributed by atoms with Crippen molar-refractivity contribution < 1.29 is 19.5 Å². The van der Waals surface area contributed by atoms with Crippen molar-refractivity contribution in [3.05, 3.63) is 100 Å². The molecule has 4 N–H and O–H groups in total. The molecule has 0 saturated carbocycles. The molecule has 4 rings (SSSR count). The fourth-order valence-corrected chi connectivity index (χ4v) is 6.39. The first-order valence-electron chi connectivity index (χ1n) is 13.4. The van der Waals surface area contributed by atoms with Gasteiger partial charge < -0.3 is 26.0 Å². The van der Waals surface area contributed by atoms with Crippen molar-refractivity contribution in [2.45, 2.75) is 56.7 Å². The molecule has 0 radical (unpaired) electrons. The predicted molar refractivity (Wildman–Crippen MR) is 166 cm³/mol. The second-order valence-corrected chi connectivity index (χ2v) is 13.1. The third-order valence-corrected chi connectivity index (χ3v) is 8.99. The Balaban J connectivity index is 1.51. The van der Waals surface area contributed by atoms with Gasteiger partial charge in [-0.2, -0.15) is 0 Å². The number of halogens is 1. The number of aliphatic hydroxyl groups is 1. The summed E-state index contributed by atoms with van der Waals surface area (Å²) < 4.78 is 0.221. The number of urea groups is 1. The number of anilines is 1. The number of aryl methyl sites for hydroxylation is 1. The lowest BCUT2D eigenvalue weighted by molar-refractivity contribution is -0.147. The molecule has 1 aliphatic rings. The summed E-state index contributed by atoms with van der Waals surface area (Å²) in [6.07, 6.45) is -1.36. The van der Waals surface area contributed by atoms with Crippen LogP contribution in [-0.4, -0.2) is 56.7 Å². The van der Waals surface area contributed by atoms with Crippen LogP contribution in [0.15, 0.2) is 83.3 Å². The van der Waals surface area contributed by atoms with Gasteiger partial charge in [0.05, 0.1) is 11.9 Å². The minimum atomic E-state index is -1.58. The summed E-state index contributed by atoms with van der Waals surface area (Å²) in [7, 11) is 0. The Morgan fingerprint density at radius 3 is 2.46 bits per heavy atom. The number of nitrogens with zero attached hydrogens (tertiary/aromatic N) is 1. The number of amides is 4. The molecule has 8 nitrogen and oxygen atoms in total. The van der Waals surface area contributed by atoms with Crippen LogP contribution in [0.2, 0.25) is 0 Å². The maximum absolute atomic E-state index is 13.8. The lowest BCUT2D eigenvalue weighted by atomic mass is 9.97. The van der Waals surface area contributed by atoms with Crippen molar-refractivity contribution in [3.63, 3.8) is 0 Å². The topological polar surface area (TPSA) is 111 Å². The molecule has 10 heteroatoms. The van der Waals surface area contributed by atoms with E-state index >= 15 is 0 Å². The molecule has 1 saturated heterocycles. The molecular formula is C31H35BrN4O4S. The molecule has 1 fully saturated rings. The number of hydrogen-bond acceptors (Lipinski definition) is 5. The molecule has 0 aliphatic carbocycles. The van der Waals surface area contributed by atoms with Gasteiger partial charge in [0.15, 0.2) is 6.10 Å². The van der Waals surface area contributed by atoms with E-state index in [1.165, 1.54) is 16.7 Å². The van der Waals surface area contributed by atoms with Gasteiger partial charge in [-0.25, -0.2) is 4.79 Å². The van der Waals surface area contributed by atoms with Crippen LogP contribution in [0.1, 0.15) is 30.5 Å². The van der Waals surface area contributed by atoms with E-state index in [1.807, 2.05) is 81.4 Å². The van der Waals surface area contributed by atoms with E-state index in [9.17, 15) is 19.5 Å².